The minimum atomic E-state index is 0.546. The zero-order valence-corrected chi connectivity index (χ0v) is 9.54. The average Bonchev–Trinajstić information content (AvgIpc) is 2.28. The molecule has 2 heteroatoms. The van der Waals surface area contributed by atoms with Gasteiger partial charge in [-0.15, -0.1) is 0 Å². The quantitative estimate of drug-likeness (QED) is 0.569. The summed E-state index contributed by atoms with van der Waals surface area (Å²) in [6.07, 6.45) is 2.33. The highest BCUT2D eigenvalue weighted by Crippen LogP contribution is 2.28. The summed E-state index contributed by atoms with van der Waals surface area (Å²) in [6.45, 7) is 4.04. The van der Waals surface area contributed by atoms with E-state index < -0.39 is 0 Å². The van der Waals surface area contributed by atoms with Crippen molar-refractivity contribution in [3.8, 4) is 0 Å². The highest BCUT2D eigenvalue weighted by Gasteiger charge is 2.15. The number of alkyl halides is 1. The number of hydrogen-bond acceptors (Lipinski definition) is 1. The van der Waals surface area contributed by atoms with Gasteiger partial charge in [-0.2, -0.15) is 0 Å². The van der Waals surface area contributed by atoms with E-state index in [4.69, 9.17) is 0 Å². The lowest BCUT2D eigenvalue weighted by Crippen LogP contribution is -2.06. The van der Waals surface area contributed by atoms with Crippen molar-refractivity contribution in [2.45, 2.75) is 16.8 Å². The molecule has 1 heterocycles. The summed E-state index contributed by atoms with van der Waals surface area (Å²) in [6, 6.07) is 8.46. The van der Waals surface area contributed by atoms with Crippen LogP contribution in [0.15, 0.2) is 36.5 Å². The third kappa shape index (κ3) is 1.88. The number of fused-ring (bicyclic) bond motifs is 1. The van der Waals surface area contributed by atoms with Gasteiger partial charge in [0.15, 0.2) is 0 Å². The van der Waals surface area contributed by atoms with Crippen LogP contribution in [0.2, 0.25) is 0 Å². The molecule has 0 saturated carbocycles. The molecule has 0 radical (unpaired) electrons. The second kappa shape index (κ2) is 3.70. The normalized spacial score (nSPS) is 21.6. The van der Waals surface area contributed by atoms with Crippen molar-refractivity contribution in [1.29, 1.82) is 0 Å². The Labute approximate surface area is 92.4 Å². The highest BCUT2D eigenvalue weighted by molar-refractivity contribution is 14.1. The summed E-state index contributed by atoms with van der Waals surface area (Å²) in [4.78, 5) is 0. The van der Waals surface area contributed by atoms with Crippen LogP contribution in [0.5, 0.6) is 0 Å². The average molecular weight is 285 g/mol. The summed E-state index contributed by atoms with van der Waals surface area (Å²) in [7, 11) is 0. The molecule has 0 bridgehead atoms. The van der Waals surface area contributed by atoms with Gasteiger partial charge in [-0.3, -0.25) is 0 Å². The summed E-state index contributed by atoms with van der Waals surface area (Å²) in [5.74, 6) is 0. The molecule has 68 valence electrons. The number of aryl methyl sites for hydroxylation is 1. The third-order valence-electron chi connectivity index (χ3n) is 2.36. The second-order valence-corrected chi connectivity index (χ2v) is 4.82. The van der Waals surface area contributed by atoms with Crippen molar-refractivity contribution in [2.24, 2.45) is 0 Å². The van der Waals surface area contributed by atoms with Crippen LogP contribution in [-0.2, 0) is 6.42 Å². The summed E-state index contributed by atoms with van der Waals surface area (Å²) in [5, 5.41) is 3.37. The number of allylic oxidation sites excluding steroid dienone is 1. The Morgan fingerprint density at radius 1 is 1.38 bits per heavy atom. The van der Waals surface area contributed by atoms with E-state index in [1.807, 2.05) is 0 Å². The fourth-order valence-electron chi connectivity index (χ4n) is 1.57. The molecule has 0 spiro atoms. The molecule has 1 aromatic carbocycles. The first-order valence-corrected chi connectivity index (χ1v) is 5.70. The van der Waals surface area contributed by atoms with Crippen LogP contribution in [0.3, 0.4) is 0 Å². The molecule has 1 nitrogen and oxygen atoms in total. The zero-order valence-electron chi connectivity index (χ0n) is 7.39. The van der Waals surface area contributed by atoms with E-state index >= 15 is 0 Å². The fraction of sp³-hybridized carbons (Fsp3) is 0.273. The first kappa shape index (κ1) is 9.06. The minimum absolute atomic E-state index is 0.546. The highest BCUT2D eigenvalue weighted by atomic mass is 127. The Morgan fingerprint density at radius 3 is 3.00 bits per heavy atom. The molecule has 1 N–H and O–H groups in total. The molecule has 1 aromatic rings. The maximum Gasteiger partial charge on any atom is 0.0507 e. The first-order chi connectivity index (χ1) is 6.27. The largest absolute Gasteiger partial charge is 0.358 e. The predicted octanol–water partition coefficient (Wildman–Crippen LogP) is 3.36. The lowest BCUT2D eigenvalue weighted by molar-refractivity contribution is 0.873. The van der Waals surface area contributed by atoms with Crippen LogP contribution < -0.4 is 5.32 Å². The first-order valence-electron chi connectivity index (χ1n) is 4.45. The van der Waals surface area contributed by atoms with Crippen LogP contribution in [-0.4, -0.2) is 3.92 Å². The Bertz CT molecular complexity index is 333. The molecule has 0 fully saturated rings. The molecule has 1 atom stereocenters. The lowest BCUT2D eigenvalue weighted by atomic mass is 10.1. The summed E-state index contributed by atoms with van der Waals surface area (Å²) in [5.41, 5.74) is 3.76. The van der Waals surface area contributed by atoms with Gasteiger partial charge >= 0.3 is 0 Å². The van der Waals surface area contributed by atoms with Crippen molar-refractivity contribution in [3.05, 3.63) is 42.1 Å². The molecule has 1 aliphatic rings. The van der Waals surface area contributed by atoms with E-state index in [1.54, 1.807) is 0 Å². The number of benzene rings is 1. The number of rotatable bonds is 0. The lowest BCUT2D eigenvalue weighted by Gasteiger charge is -2.10. The van der Waals surface area contributed by atoms with Crippen molar-refractivity contribution >= 4 is 28.3 Å². The van der Waals surface area contributed by atoms with Gasteiger partial charge in [-0.05, 0) is 24.5 Å². The second-order valence-electron chi connectivity index (χ2n) is 3.31. The minimum Gasteiger partial charge on any atom is -0.358 e. The van der Waals surface area contributed by atoms with E-state index in [0.717, 1.165) is 12.1 Å². The van der Waals surface area contributed by atoms with Crippen LogP contribution >= 0.6 is 22.6 Å². The number of anilines is 1. The van der Waals surface area contributed by atoms with E-state index in [0.29, 0.717) is 3.92 Å². The van der Waals surface area contributed by atoms with Gasteiger partial charge in [0, 0.05) is 11.4 Å². The maximum atomic E-state index is 4.04. The van der Waals surface area contributed by atoms with Crippen molar-refractivity contribution in [3.63, 3.8) is 0 Å². The van der Waals surface area contributed by atoms with Gasteiger partial charge in [0.2, 0.25) is 0 Å². The Kier molecular flexibility index (Phi) is 2.58. The molecule has 13 heavy (non-hydrogen) atoms. The Morgan fingerprint density at radius 2 is 2.15 bits per heavy atom. The SMILES string of the molecule is C=C1Nc2ccccc2CCC1I. The molecule has 1 aliphatic heterocycles. The van der Waals surface area contributed by atoms with Crippen LogP contribution in [0.25, 0.3) is 0 Å². The maximum absolute atomic E-state index is 4.04. The van der Waals surface area contributed by atoms with Crippen molar-refractivity contribution in [1.82, 2.24) is 0 Å². The van der Waals surface area contributed by atoms with Crippen LogP contribution in [0, 0.1) is 0 Å². The smallest absolute Gasteiger partial charge is 0.0507 e. The molecule has 0 aromatic heterocycles. The Balaban J connectivity index is 2.35. The van der Waals surface area contributed by atoms with Crippen LogP contribution in [0.1, 0.15) is 12.0 Å². The number of para-hydroxylation sites is 1. The van der Waals surface area contributed by atoms with Gasteiger partial charge in [-0.1, -0.05) is 47.4 Å². The molecular formula is C11H12IN. The monoisotopic (exact) mass is 285 g/mol. The number of nitrogens with one attached hydrogen (secondary N) is 1. The number of halogens is 1. The van der Waals surface area contributed by atoms with E-state index in [2.05, 4.69) is 58.8 Å². The predicted molar refractivity (Wildman–Crippen MR) is 65.3 cm³/mol. The summed E-state index contributed by atoms with van der Waals surface area (Å²) < 4.78 is 0.546. The molecule has 0 saturated heterocycles. The molecule has 1 unspecified atom stereocenters. The van der Waals surface area contributed by atoms with Crippen LogP contribution in [0.4, 0.5) is 5.69 Å². The van der Waals surface area contributed by atoms with Gasteiger partial charge < -0.3 is 5.32 Å². The van der Waals surface area contributed by atoms with Gasteiger partial charge in [-0.25, -0.2) is 0 Å². The fourth-order valence-corrected chi connectivity index (χ4v) is 2.04. The third-order valence-corrected chi connectivity index (χ3v) is 3.73. The molecule has 2 rings (SSSR count). The standard InChI is InChI=1S/C11H12IN/c1-8-10(12)7-6-9-4-2-3-5-11(9)13-8/h2-5,10,13H,1,6-7H2. The summed E-state index contributed by atoms with van der Waals surface area (Å²) >= 11 is 2.44. The molecule has 0 aliphatic carbocycles. The number of hydrogen-bond donors (Lipinski definition) is 1. The van der Waals surface area contributed by atoms with Gasteiger partial charge in [0.05, 0.1) is 3.92 Å². The molecular weight excluding hydrogens is 273 g/mol. The van der Waals surface area contributed by atoms with Gasteiger partial charge in [0.1, 0.15) is 0 Å². The molecule has 0 amide bonds. The van der Waals surface area contributed by atoms with E-state index in [9.17, 15) is 0 Å². The Hall–Kier alpha value is -0.510. The van der Waals surface area contributed by atoms with Crippen molar-refractivity contribution < 1.29 is 0 Å². The van der Waals surface area contributed by atoms with Gasteiger partial charge in [0.25, 0.3) is 0 Å². The van der Waals surface area contributed by atoms with Crippen molar-refractivity contribution in [2.75, 3.05) is 5.32 Å². The van der Waals surface area contributed by atoms with E-state index in [1.165, 1.54) is 17.7 Å². The topological polar surface area (TPSA) is 12.0 Å². The zero-order chi connectivity index (χ0) is 9.26. The van der Waals surface area contributed by atoms with E-state index in [-0.39, 0.29) is 0 Å².